The van der Waals surface area contributed by atoms with E-state index in [1.54, 1.807) is 41.9 Å². The summed E-state index contributed by atoms with van der Waals surface area (Å²) in [5.41, 5.74) is -0.192. The molecule has 41 heavy (non-hydrogen) atoms. The fourth-order valence-corrected chi connectivity index (χ4v) is 4.60. The van der Waals surface area contributed by atoms with Gasteiger partial charge in [-0.05, 0) is 63.0 Å². The van der Waals surface area contributed by atoms with Crippen molar-refractivity contribution in [3.63, 3.8) is 0 Å². The minimum atomic E-state index is -4.61. The van der Waals surface area contributed by atoms with Crippen LogP contribution in [0.3, 0.4) is 0 Å². The molecule has 13 heteroatoms. The minimum Gasteiger partial charge on any atom is -0.457 e. The molecule has 2 aromatic carbocycles. The zero-order chi connectivity index (χ0) is 29.1. The number of nitrogens with one attached hydrogen (secondary N) is 2. The molecule has 1 aliphatic heterocycles. The van der Waals surface area contributed by atoms with Crippen LogP contribution in [0.2, 0.25) is 0 Å². The van der Waals surface area contributed by atoms with Gasteiger partial charge in [-0.25, -0.2) is 14.4 Å². The highest BCUT2D eigenvalue weighted by Crippen LogP contribution is 2.33. The molecular weight excluding hydrogens is 542 g/mol. The molecule has 0 atom stereocenters. The Morgan fingerprint density at radius 3 is 2.61 bits per heavy atom. The lowest BCUT2D eigenvalue weighted by atomic mass is 10.2. The number of carbonyl (C=O) groups excluding carboxylic acids is 1. The van der Waals surface area contributed by atoms with E-state index >= 15 is 0 Å². The Kier molecular flexibility index (Phi) is 8.08. The van der Waals surface area contributed by atoms with Gasteiger partial charge in [0, 0.05) is 38.5 Å². The van der Waals surface area contributed by atoms with Crippen LogP contribution in [0.15, 0.2) is 54.7 Å². The van der Waals surface area contributed by atoms with Crippen LogP contribution in [-0.2, 0) is 18.0 Å². The number of hydrogen-bond donors (Lipinski definition) is 2. The largest absolute Gasteiger partial charge is 0.457 e. The molecule has 3 heterocycles. The van der Waals surface area contributed by atoms with E-state index in [9.17, 15) is 22.4 Å². The van der Waals surface area contributed by atoms with Crippen LogP contribution in [0.4, 0.5) is 35.0 Å². The number of aromatic nitrogens is 3. The predicted octanol–water partition coefficient (Wildman–Crippen LogP) is 5.24. The van der Waals surface area contributed by atoms with Crippen LogP contribution in [0.25, 0.3) is 11.0 Å². The van der Waals surface area contributed by atoms with E-state index in [-0.39, 0.29) is 24.1 Å². The predicted molar refractivity (Wildman–Crippen MR) is 147 cm³/mol. The number of pyridine rings is 1. The molecule has 2 aromatic heterocycles. The molecule has 9 nitrogen and oxygen atoms in total. The lowest BCUT2D eigenvalue weighted by Gasteiger charge is -2.19. The van der Waals surface area contributed by atoms with Crippen molar-refractivity contribution in [3.05, 3.63) is 66.1 Å². The molecule has 1 amide bonds. The smallest absolute Gasteiger partial charge is 0.416 e. The number of rotatable bonds is 7. The normalized spacial score (nSPS) is 15.1. The first-order valence-corrected chi connectivity index (χ1v) is 13.0. The maximum atomic E-state index is 14.3. The Bertz CT molecular complexity index is 1560. The van der Waals surface area contributed by atoms with Gasteiger partial charge in [0.15, 0.2) is 0 Å². The number of imidazole rings is 1. The number of carbonyl (C=O) groups is 1. The number of ether oxygens (including phenoxy) is 1. The number of fused-ring (bicyclic) bond motifs is 1. The second kappa shape index (κ2) is 11.7. The maximum absolute atomic E-state index is 14.3. The summed E-state index contributed by atoms with van der Waals surface area (Å²) < 4.78 is 61.1. The van der Waals surface area contributed by atoms with Crippen molar-refractivity contribution >= 4 is 34.4 Å². The van der Waals surface area contributed by atoms with Gasteiger partial charge in [0.25, 0.3) is 0 Å². The van der Waals surface area contributed by atoms with Gasteiger partial charge in [0.05, 0.1) is 28.8 Å². The molecule has 2 N–H and O–H groups in total. The van der Waals surface area contributed by atoms with Crippen LogP contribution < -0.4 is 15.4 Å². The van der Waals surface area contributed by atoms with Crippen LogP contribution in [0.5, 0.6) is 11.5 Å². The van der Waals surface area contributed by atoms with Gasteiger partial charge in [0.1, 0.15) is 23.1 Å². The van der Waals surface area contributed by atoms with Gasteiger partial charge in [-0.15, -0.1) is 0 Å². The van der Waals surface area contributed by atoms with Gasteiger partial charge >= 0.3 is 6.18 Å². The first-order chi connectivity index (χ1) is 19.5. The summed E-state index contributed by atoms with van der Waals surface area (Å²) >= 11 is 0. The number of alkyl halides is 3. The zero-order valence-electron chi connectivity index (χ0n) is 22.5. The number of nitrogens with zero attached hydrogens (tertiary/aromatic N) is 5. The molecule has 0 unspecified atom stereocenters. The average Bonchev–Trinajstić information content (AvgIpc) is 3.06. The molecule has 0 radical (unpaired) electrons. The van der Waals surface area contributed by atoms with Crippen molar-refractivity contribution in [3.8, 4) is 11.5 Å². The highest BCUT2D eigenvalue weighted by Gasteiger charge is 2.31. The van der Waals surface area contributed by atoms with Crippen LogP contribution >= 0.6 is 0 Å². The molecule has 0 aliphatic carbocycles. The summed E-state index contributed by atoms with van der Waals surface area (Å²) in [4.78, 5) is 25.6. The SMILES string of the molecule is CN1CCCN(CC(=O)Nc2cc(Oc3ccc4c(c3)nc(Nc3cc(C(F)(F)F)ccc3F)n4C)ccn2)CC1. The van der Waals surface area contributed by atoms with Gasteiger partial charge in [0.2, 0.25) is 11.9 Å². The van der Waals surface area contributed by atoms with Crippen molar-refractivity contribution < 1.29 is 27.1 Å². The average molecular weight is 572 g/mol. The summed E-state index contributed by atoms with van der Waals surface area (Å²) in [5, 5.41) is 5.47. The van der Waals surface area contributed by atoms with E-state index in [1.807, 2.05) is 0 Å². The van der Waals surface area contributed by atoms with Crippen LogP contribution in [0, 0.1) is 5.82 Å². The molecule has 5 rings (SSSR count). The quantitative estimate of drug-likeness (QED) is 0.294. The molecule has 216 valence electrons. The van der Waals surface area contributed by atoms with E-state index in [2.05, 4.69) is 37.4 Å². The van der Waals surface area contributed by atoms with E-state index in [1.165, 1.54) is 6.20 Å². The number of amides is 1. The fourth-order valence-electron chi connectivity index (χ4n) is 4.60. The third-order valence-corrected chi connectivity index (χ3v) is 6.81. The summed E-state index contributed by atoms with van der Waals surface area (Å²) in [6.45, 7) is 3.88. The standard InChI is InChI=1S/C28H29F4N7O2/c1-37-10-3-11-39(13-12-37)17-26(40)36-25-16-20(8-9-33-25)41-19-5-7-24-23(15-19)35-27(38(24)2)34-22-14-18(28(30,31)32)4-6-21(22)29/h4-9,14-16H,3,10-13,17H2,1-2H3,(H,34,35)(H,33,36,40). The highest BCUT2D eigenvalue weighted by atomic mass is 19.4. The van der Waals surface area contributed by atoms with Gasteiger partial charge in [-0.2, -0.15) is 13.2 Å². The number of aryl methyl sites for hydroxylation is 1. The van der Waals surface area contributed by atoms with Gasteiger partial charge in [-0.3, -0.25) is 9.69 Å². The topological polar surface area (TPSA) is 87.5 Å². The number of likely N-dealkylation sites (N-methyl/N-ethyl adjacent to an activating group) is 1. The van der Waals surface area contributed by atoms with Crippen molar-refractivity contribution in [2.24, 2.45) is 7.05 Å². The molecule has 1 aliphatic rings. The summed E-state index contributed by atoms with van der Waals surface area (Å²) in [7, 11) is 3.73. The molecule has 1 fully saturated rings. The molecule has 0 saturated carbocycles. The van der Waals surface area contributed by atoms with Crippen LogP contribution in [-0.4, -0.2) is 70.0 Å². The Morgan fingerprint density at radius 2 is 1.80 bits per heavy atom. The highest BCUT2D eigenvalue weighted by molar-refractivity contribution is 5.91. The first kappa shape index (κ1) is 28.3. The molecule has 1 saturated heterocycles. The van der Waals surface area contributed by atoms with E-state index < -0.39 is 17.6 Å². The van der Waals surface area contributed by atoms with Crippen molar-refractivity contribution in [1.82, 2.24) is 24.3 Å². The monoisotopic (exact) mass is 571 g/mol. The first-order valence-electron chi connectivity index (χ1n) is 13.0. The Morgan fingerprint density at radius 1 is 1.00 bits per heavy atom. The lowest BCUT2D eigenvalue weighted by molar-refractivity contribution is -0.137. The number of anilines is 3. The minimum absolute atomic E-state index is 0.153. The third-order valence-electron chi connectivity index (χ3n) is 6.81. The van der Waals surface area contributed by atoms with Crippen molar-refractivity contribution in [1.29, 1.82) is 0 Å². The Hall–Kier alpha value is -4.23. The van der Waals surface area contributed by atoms with E-state index in [0.717, 1.165) is 38.7 Å². The Balaban J connectivity index is 1.27. The summed E-state index contributed by atoms with van der Waals surface area (Å²) in [5.74, 6) is 0.379. The summed E-state index contributed by atoms with van der Waals surface area (Å²) in [6.07, 6.45) is -2.08. The molecule has 0 bridgehead atoms. The van der Waals surface area contributed by atoms with Crippen molar-refractivity contribution in [2.45, 2.75) is 12.6 Å². The molecular formula is C28H29F4N7O2. The zero-order valence-corrected chi connectivity index (χ0v) is 22.5. The molecule has 4 aromatic rings. The number of halogens is 4. The van der Waals surface area contributed by atoms with E-state index in [0.29, 0.717) is 40.5 Å². The number of hydrogen-bond acceptors (Lipinski definition) is 7. The third kappa shape index (κ3) is 6.92. The second-order valence-electron chi connectivity index (χ2n) is 9.92. The van der Waals surface area contributed by atoms with E-state index in [4.69, 9.17) is 4.74 Å². The summed E-state index contributed by atoms with van der Waals surface area (Å²) in [6, 6.07) is 10.5. The molecule has 0 spiro atoms. The number of benzene rings is 2. The fraction of sp³-hybridized carbons (Fsp3) is 0.321. The van der Waals surface area contributed by atoms with Crippen molar-refractivity contribution in [2.75, 3.05) is 50.4 Å². The lowest BCUT2D eigenvalue weighted by Crippen LogP contribution is -2.36. The van der Waals surface area contributed by atoms with Gasteiger partial charge in [-0.1, -0.05) is 0 Å². The maximum Gasteiger partial charge on any atom is 0.416 e. The second-order valence-corrected chi connectivity index (χ2v) is 9.92. The van der Waals surface area contributed by atoms with Gasteiger partial charge < -0.3 is 24.8 Å². The Labute approximate surface area is 233 Å². The van der Waals surface area contributed by atoms with Crippen LogP contribution in [0.1, 0.15) is 12.0 Å².